The highest BCUT2D eigenvalue weighted by Gasteiger charge is 2.60. The first-order chi connectivity index (χ1) is 16.0. The van der Waals surface area contributed by atoms with Gasteiger partial charge in [-0.1, -0.05) is 29.8 Å². The topological polar surface area (TPSA) is 53.9 Å². The van der Waals surface area contributed by atoms with Crippen molar-refractivity contribution in [2.24, 2.45) is 4.40 Å². The van der Waals surface area contributed by atoms with Gasteiger partial charge in [0.1, 0.15) is 5.60 Å². The van der Waals surface area contributed by atoms with E-state index in [0.29, 0.717) is 53.5 Å². The van der Waals surface area contributed by atoms with E-state index >= 15 is 0 Å². The number of amides is 2. The van der Waals surface area contributed by atoms with Crippen molar-refractivity contribution in [3.8, 4) is 0 Å². The van der Waals surface area contributed by atoms with Crippen molar-refractivity contribution in [1.29, 1.82) is 0 Å². The van der Waals surface area contributed by atoms with Crippen LogP contribution in [-0.4, -0.2) is 43.0 Å². The third kappa shape index (κ3) is 3.43. The maximum absolute atomic E-state index is 14.5. The van der Waals surface area contributed by atoms with Gasteiger partial charge in [-0.25, -0.2) is 9.19 Å². The van der Waals surface area contributed by atoms with E-state index in [1.54, 1.807) is 37.9 Å². The van der Waals surface area contributed by atoms with E-state index in [2.05, 4.69) is 9.71 Å². The zero-order chi connectivity index (χ0) is 24.5. The van der Waals surface area contributed by atoms with Gasteiger partial charge in [0.2, 0.25) is 0 Å². The molecule has 3 heterocycles. The van der Waals surface area contributed by atoms with Gasteiger partial charge in [-0.05, 0) is 71.3 Å². The van der Waals surface area contributed by atoms with Crippen LogP contribution in [0.25, 0.3) is 0 Å². The molecular formula is C24H23ClF3N3O2S. The Kier molecular flexibility index (Phi) is 5.46. The zero-order valence-electron chi connectivity index (χ0n) is 18.8. The molecule has 2 amide bonds. The van der Waals surface area contributed by atoms with Crippen LogP contribution in [0.2, 0.25) is 5.02 Å². The Labute approximate surface area is 204 Å². The monoisotopic (exact) mass is 509 g/mol. The summed E-state index contributed by atoms with van der Waals surface area (Å²) < 4.78 is 51.5. The molecule has 1 saturated heterocycles. The molecule has 1 fully saturated rings. The Morgan fingerprint density at radius 1 is 1.24 bits per heavy atom. The minimum atomic E-state index is -4.52. The van der Waals surface area contributed by atoms with Crippen LogP contribution in [0.5, 0.6) is 0 Å². The SMILES string of the molecule is CNC(=O)N1CC2(C1)OCc1cc(C3=NSC(c4cc(C)c(C)c(Cl)c4)(C(F)(F)F)C3)ccc12. The summed E-state index contributed by atoms with van der Waals surface area (Å²) in [6.45, 7) is 4.79. The third-order valence-corrected chi connectivity index (χ3v) is 8.71. The smallest absolute Gasteiger partial charge is 0.362 e. The van der Waals surface area contributed by atoms with Crippen LogP contribution in [0.3, 0.4) is 0 Å². The van der Waals surface area contributed by atoms with Crippen molar-refractivity contribution < 1.29 is 22.7 Å². The molecule has 34 heavy (non-hydrogen) atoms. The number of ether oxygens (including phenoxy) is 1. The molecule has 1 N–H and O–H groups in total. The molecule has 180 valence electrons. The van der Waals surface area contributed by atoms with Crippen molar-refractivity contribution in [2.45, 2.75) is 43.4 Å². The Hall–Kier alpha value is -2.23. The molecule has 0 radical (unpaired) electrons. The minimum absolute atomic E-state index is 0.115. The molecule has 10 heteroatoms. The van der Waals surface area contributed by atoms with E-state index in [0.717, 1.165) is 16.7 Å². The summed E-state index contributed by atoms with van der Waals surface area (Å²) in [6.07, 6.45) is -4.80. The van der Waals surface area contributed by atoms with E-state index in [9.17, 15) is 18.0 Å². The van der Waals surface area contributed by atoms with Crippen LogP contribution >= 0.6 is 23.5 Å². The minimum Gasteiger partial charge on any atom is -0.362 e. The first kappa shape index (κ1) is 23.5. The number of hydrogen-bond donors (Lipinski definition) is 1. The van der Waals surface area contributed by atoms with E-state index in [-0.39, 0.29) is 18.0 Å². The van der Waals surface area contributed by atoms with Gasteiger partial charge in [-0.3, -0.25) is 0 Å². The van der Waals surface area contributed by atoms with Crippen molar-refractivity contribution in [3.63, 3.8) is 0 Å². The molecule has 3 aliphatic heterocycles. The molecule has 0 aliphatic carbocycles. The number of nitrogens with one attached hydrogen (secondary N) is 1. The molecule has 3 aliphatic rings. The summed E-state index contributed by atoms with van der Waals surface area (Å²) in [7, 11) is 1.58. The van der Waals surface area contributed by atoms with E-state index in [1.165, 1.54) is 6.07 Å². The normalized spacial score (nSPS) is 23.0. The van der Waals surface area contributed by atoms with Crippen molar-refractivity contribution in [3.05, 3.63) is 68.7 Å². The summed E-state index contributed by atoms with van der Waals surface area (Å²) in [5.74, 6) is 0. The molecule has 2 aromatic carbocycles. The van der Waals surface area contributed by atoms with Crippen molar-refractivity contribution in [2.75, 3.05) is 20.1 Å². The summed E-state index contributed by atoms with van der Waals surface area (Å²) in [5, 5.41) is 2.92. The van der Waals surface area contributed by atoms with Crippen LogP contribution in [0.15, 0.2) is 34.7 Å². The van der Waals surface area contributed by atoms with Crippen molar-refractivity contribution >= 4 is 35.3 Å². The average molecular weight is 510 g/mol. The third-order valence-electron chi connectivity index (χ3n) is 7.08. The maximum atomic E-state index is 14.5. The summed E-state index contributed by atoms with van der Waals surface area (Å²) >= 11 is 6.81. The van der Waals surface area contributed by atoms with Gasteiger partial charge in [0.25, 0.3) is 0 Å². The number of halogens is 4. The van der Waals surface area contributed by atoms with Gasteiger partial charge in [0.05, 0.1) is 25.4 Å². The lowest BCUT2D eigenvalue weighted by Crippen LogP contribution is -2.62. The van der Waals surface area contributed by atoms with E-state index in [1.807, 2.05) is 12.1 Å². The maximum Gasteiger partial charge on any atom is 0.409 e. The number of benzene rings is 2. The number of carbonyl (C=O) groups excluding carboxylic acids is 1. The highest BCUT2D eigenvalue weighted by atomic mass is 35.5. The Morgan fingerprint density at radius 2 is 1.97 bits per heavy atom. The number of aryl methyl sites for hydroxylation is 1. The molecule has 5 rings (SSSR count). The van der Waals surface area contributed by atoms with Crippen LogP contribution in [0.4, 0.5) is 18.0 Å². The van der Waals surface area contributed by atoms with E-state index < -0.39 is 16.5 Å². The van der Waals surface area contributed by atoms with Crippen LogP contribution in [0, 0.1) is 13.8 Å². The molecule has 1 unspecified atom stereocenters. The lowest BCUT2D eigenvalue weighted by molar-refractivity contribution is -0.159. The first-order valence-corrected chi connectivity index (χ1v) is 12.0. The Bertz CT molecular complexity index is 1200. The number of nitrogens with zero attached hydrogens (tertiary/aromatic N) is 2. The average Bonchev–Trinajstić information content (AvgIpc) is 3.38. The number of carbonyl (C=O) groups is 1. The number of hydrogen-bond acceptors (Lipinski definition) is 4. The Morgan fingerprint density at radius 3 is 2.62 bits per heavy atom. The van der Waals surface area contributed by atoms with Gasteiger partial charge in [0.15, 0.2) is 4.75 Å². The van der Waals surface area contributed by atoms with E-state index in [4.69, 9.17) is 16.3 Å². The lowest BCUT2D eigenvalue weighted by atomic mass is 9.83. The number of urea groups is 1. The van der Waals surface area contributed by atoms with Gasteiger partial charge in [-0.15, -0.1) is 0 Å². The summed E-state index contributed by atoms with van der Waals surface area (Å²) in [6, 6.07) is 8.38. The molecule has 0 saturated carbocycles. The molecule has 2 aromatic rings. The summed E-state index contributed by atoms with van der Waals surface area (Å²) in [4.78, 5) is 13.5. The molecule has 0 bridgehead atoms. The fraction of sp³-hybridized carbons (Fsp3) is 0.417. The predicted molar refractivity (Wildman–Crippen MR) is 126 cm³/mol. The fourth-order valence-electron chi connectivity index (χ4n) is 4.87. The standard InChI is InChI=1S/C24H23ClF3N3O2S/c1-13-6-17(8-19(25)14(13)2)23(24(26,27)28)9-20(30-34-23)15-4-5-18-16(7-15)10-33-22(18)11-31(12-22)21(32)29-3/h4-8H,9-12H2,1-3H3,(H,29,32). The van der Waals surface area contributed by atoms with Gasteiger partial charge in [0, 0.05) is 18.5 Å². The lowest BCUT2D eigenvalue weighted by Gasteiger charge is -2.47. The van der Waals surface area contributed by atoms with Crippen LogP contribution in [-0.2, 0) is 21.7 Å². The molecule has 1 spiro atoms. The molecule has 0 aromatic heterocycles. The molecule has 5 nitrogen and oxygen atoms in total. The highest BCUT2D eigenvalue weighted by molar-refractivity contribution is 7.99. The van der Waals surface area contributed by atoms with Crippen LogP contribution < -0.4 is 5.32 Å². The highest BCUT2D eigenvalue weighted by Crippen LogP contribution is 2.57. The Balaban J connectivity index is 1.43. The second-order valence-electron chi connectivity index (χ2n) is 9.10. The second-order valence-corrected chi connectivity index (χ2v) is 10.6. The van der Waals surface area contributed by atoms with Crippen molar-refractivity contribution in [1.82, 2.24) is 10.2 Å². The zero-order valence-corrected chi connectivity index (χ0v) is 20.4. The number of rotatable bonds is 2. The van der Waals surface area contributed by atoms with Gasteiger partial charge in [-0.2, -0.15) is 13.2 Å². The summed E-state index contributed by atoms with van der Waals surface area (Å²) in [5.41, 5.74) is 3.99. The largest absolute Gasteiger partial charge is 0.409 e. The number of likely N-dealkylation sites (tertiary alicyclic amines) is 1. The van der Waals surface area contributed by atoms with Crippen LogP contribution in [0.1, 0.15) is 39.8 Å². The van der Waals surface area contributed by atoms with Gasteiger partial charge >= 0.3 is 12.2 Å². The molecular weight excluding hydrogens is 487 g/mol. The fourth-order valence-corrected chi connectivity index (χ4v) is 6.10. The second kappa shape index (κ2) is 7.90. The number of alkyl halides is 3. The quantitative estimate of drug-likeness (QED) is 0.533. The van der Waals surface area contributed by atoms with Gasteiger partial charge < -0.3 is 15.0 Å². The number of fused-ring (bicyclic) bond motifs is 2. The first-order valence-electron chi connectivity index (χ1n) is 10.8. The predicted octanol–water partition coefficient (Wildman–Crippen LogP) is 5.64. The molecule has 1 atom stereocenters.